The summed E-state index contributed by atoms with van der Waals surface area (Å²) >= 11 is 0. The van der Waals surface area contributed by atoms with Crippen molar-refractivity contribution in [1.29, 1.82) is 0 Å². The van der Waals surface area contributed by atoms with Gasteiger partial charge in [0.2, 0.25) is 5.91 Å². The number of carbonyl (C=O) groups excluding carboxylic acids is 2. The topological polar surface area (TPSA) is 65.1 Å². The van der Waals surface area contributed by atoms with Crippen LogP contribution in [0.25, 0.3) is 0 Å². The average molecular weight is 513 g/mol. The predicted octanol–water partition coefficient (Wildman–Crippen LogP) is 4.03. The van der Waals surface area contributed by atoms with Crippen molar-refractivity contribution >= 4 is 17.5 Å². The Balaban J connectivity index is 1.15. The molecule has 0 bridgehead atoms. The second-order valence-corrected chi connectivity index (χ2v) is 10.3. The molecule has 1 saturated carbocycles. The van der Waals surface area contributed by atoms with Crippen LogP contribution in [0.5, 0.6) is 5.75 Å². The number of likely N-dealkylation sites (tertiary alicyclic amines) is 1. The SMILES string of the molecule is CN1CCN(C2(C(=O)Nc3ccc(C4CCN(C(=O)c5ccccc5OC(F)F)CC4)cc3)CC2)CC1. The highest BCUT2D eigenvalue weighted by Gasteiger charge is 2.54. The molecule has 3 aliphatic rings. The Kier molecular flexibility index (Phi) is 7.44. The van der Waals surface area contributed by atoms with E-state index in [0.717, 1.165) is 57.5 Å². The van der Waals surface area contributed by atoms with Gasteiger partial charge in [0, 0.05) is 45.0 Å². The zero-order valence-corrected chi connectivity index (χ0v) is 21.2. The van der Waals surface area contributed by atoms with Gasteiger partial charge in [-0.2, -0.15) is 8.78 Å². The summed E-state index contributed by atoms with van der Waals surface area (Å²) in [5, 5.41) is 3.13. The van der Waals surface area contributed by atoms with Crippen LogP contribution in [0.2, 0.25) is 0 Å². The first-order chi connectivity index (χ1) is 17.9. The molecule has 0 aromatic heterocycles. The first kappa shape index (κ1) is 25.6. The molecule has 2 saturated heterocycles. The lowest BCUT2D eigenvalue weighted by atomic mass is 9.89. The molecule has 0 atom stereocenters. The Morgan fingerprint density at radius 3 is 2.22 bits per heavy atom. The van der Waals surface area contributed by atoms with Crippen LogP contribution in [0, 0.1) is 0 Å². The Labute approximate surface area is 216 Å². The fourth-order valence-electron chi connectivity index (χ4n) is 5.55. The number of likely N-dealkylation sites (N-methyl/N-ethyl adjacent to an activating group) is 1. The van der Waals surface area contributed by atoms with Gasteiger partial charge in [-0.3, -0.25) is 14.5 Å². The number of rotatable bonds is 7. The molecule has 7 nitrogen and oxygen atoms in total. The number of amides is 2. The molecule has 1 aliphatic carbocycles. The van der Waals surface area contributed by atoms with Gasteiger partial charge in [0.1, 0.15) is 11.3 Å². The quantitative estimate of drug-likeness (QED) is 0.607. The van der Waals surface area contributed by atoms with E-state index in [9.17, 15) is 18.4 Å². The van der Waals surface area contributed by atoms with Gasteiger partial charge >= 0.3 is 6.61 Å². The van der Waals surface area contributed by atoms with Crippen molar-refractivity contribution in [3.05, 3.63) is 59.7 Å². The zero-order chi connectivity index (χ0) is 26.0. The first-order valence-corrected chi connectivity index (χ1v) is 13.0. The van der Waals surface area contributed by atoms with Gasteiger partial charge < -0.3 is 19.9 Å². The normalized spacial score (nSPS) is 20.6. The van der Waals surface area contributed by atoms with Gasteiger partial charge in [-0.15, -0.1) is 0 Å². The smallest absolute Gasteiger partial charge is 0.387 e. The summed E-state index contributed by atoms with van der Waals surface area (Å²) in [5.74, 6) is -0.000764. The molecule has 198 valence electrons. The molecular formula is C28H34F2N4O3. The lowest BCUT2D eigenvalue weighted by molar-refractivity contribution is -0.123. The van der Waals surface area contributed by atoms with Gasteiger partial charge in [0.25, 0.3) is 5.91 Å². The summed E-state index contributed by atoms with van der Waals surface area (Å²) in [7, 11) is 2.12. The van der Waals surface area contributed by atoms with Crippen LogP contribution in [-0.2, 0) is 4.79 Å². The standard InChI is InChI=1S/C28H34F2N4O3/c1-32-16-18-34(19-17-32)28(12-13-28)26(36)31-22-8-6-20(7-9-22)21-10-14-33(15-11-21)25(35)23-4-2-3-5-24(23)37-27(29)30/h2-9,21,27H,10-19H2,1H3,(H,31,36). The van der Waals surface area contributed by atoms with Crippen molar-refractivity contribution in [2.24, 2.45) is 0 Å². The summed E-state index contributed by atoms with van der Waals surface area (Å²) in [6, 6.07) is 14.2. The van der Waals surface area contributed by atoms with Crippen LogP contribution in [0.3, 0.4) is 0 Å². The van der Waals surface area contributed by atoms with Crippen molar-refractivity contribution in [3.8, 4) is 5.75 Å². The minimum Gasteiger partial charge on any atom is -0.434 e. The molecule has 2 aromatic rings. The van der Waals surface area contributed by atoms with E-state index in [0.29, 0.717) is 19.0 Å². The van der Waals surface area contributed by atoms with Crippen LogP contribution >= 0.6 is 0 Å². The molecule has 0 unspecified atom stereocenters. The number of anilines is 1. The fraction of sp³-hybridized carbons (Fsp3) is 0.500. The van der Waals surface area contributed by atoms with Crippen molar-refractivity contribution in [2.75, 3.05) is 51.6 Å². The number of nitrogens with one attached hydrogen (secondary N) is 1. The molecule has 0 radical (unpaired) electrons. The van der Waals surface area contributed by atoms with E-state index in [4.69, 9.17) is 0 Å². The molecular weight excluding hydrogens is 478 g/mol. The molecule has 5 rings (SSSR count). The largest absolute Gasteiger partial charge is 0.434 e. The lowest BCUT2D eigenvalue weighted by Gasteiger charge is -2.37. The van der Waals surface area contributed by atoms with Crippen molar-refractivity contribution in [2.45, 2.75) is 43.8 Å². The number of nitrogens with zero attached hydrogens (tertiary/aromatic N) is 3. The summed E-state index contributed by atoms with van der Waals surface area (Å²) in [5.41, 5.74) is 1.79. The molecule has 2 heterocycles. The second kappa shape index (κ2) is 10.8. The predicted molar refractivity (Wildman–Crippen MR) is 137 cm³/mol. The molecule has 2 aromatic carbocycles. The maximum absolute atomic E-state index is 13.1. The van der Waals surface area contributed by atoms with Crippen molar-refractivity contribution in [1.82, 2.24) is 14.7 Å². The number of piperidine rings is 1. The lowest BCUT2D eigenvalue weighted by Crippen LogP contribution is -2.54. The Morgan fingerprint density at radius 2 is 1.59 bits per heavy atom. The number of hydrogen-bond donors (Lipinski definition) is 1. The van der Waals surface area contributed by atoms with Crippen molar-refractivity contribution < 1.29 is 23.1 Å². The highest BCUT2D eigenvalue weighted by Crippen LogP contribution is 2.43. The highest BCUT2D eigenvalue weighted by atomic mass is 19.3. The van der Waals surface area contributed by atoms with Crippen molar-refractivity contribution in [3.63, 3.8) is 0 Å². The number of para-hydroxylation sites is 1. The maximum atomic E-state index is 13.1. The Morgan fingerprint density at radius 1 is 0.946 bits per heavy atom. The number of hydrogen-bond acceptors (Lipinski definition) is 5. The molecule has 37 heavy (non-hydrogen) atoms. The number of piperazine rings is 1. The third-order valence-corrected chi connectivity index (χ3v) is 8.01. The van der Waals surface area contributed by atoms with E-state index in [1.807, 2.05) is 12.1 Å². The van der Waals surface area contributed by atoms with Gasteiger partial charge in [-0.05, 0) is 68.5 Å². The van der Waals surface area contributed by atoms with Crippen LogP contribution in [-0.4, -0.2) is 85.0 Å². The first-order valence-electron chi connectivity index (χ1n) is 13.0. The molecule has 2 aliphatic heterocycles. The molecule has 1 N–H and O–H groups in total. The van der Waals surface area contributed by atoms with E-state index < -0.39 is 6.61 Å². The Bertz CT molecular complexity index is 1110. The molecule has 9 heteroatoms. The minimum atomic E-state index is -2.98. The number of benzene rings is 2. The third-order valence-electron chi connectivity index (χ3n) is 8.01. The number of carbonyl (C=O) groups is 2. The number of halogens is 2. The summed E-state index contributed by atoms with van der Waals surface area (Å²) in [4.78, 5) is 32.4. The van der Waals surface area contributed by atoms with Gasteiger partial charge in [-0.25, -0.2) is 0 Å². The number of ether oxygens (including phenoxy) is 1. The van der Waals surface area contributed by atoms with E-state index in [-0.39, 0.29) is 28.7 Å². The van der Waals surface area contributed by atoms with E-state index >= 15 is 0 Å². The molecule has 0 spiro atoms. The fourth-order valence-corrected chi connectivity index (χ4v) is 5.55. The molecule has 2 amide bonds. The van der Waals surface area contributed by atoms with Crippen LogP contribution in [0.4, 0.5) is 14.5 Å². The van der Waals surface area contributed by atoms with E-state index in [1.54, 1.807) is 17.0 Å². The minimum absolute atomic E-state index is 0.0905. The molecule has 3 fully saturated rings. The Hall–Kier alpha value is -3.04. The van der Waals surface area contributed by atoms with Gasteiger partial charge in [0.05, 0.1) is 5.56 Å². The number of alkyl halides is 2. The van der Waals surface area contributed by atoms with Crippen LogP contribution in [0.15, 0.2) is 48.5 Å². The van der Waals surface area contributed by atoms with Gasteiger partial charge in [-0.1, -0.05) is 24.3 Å². The second-order valence-electron chi connectivity index (χ2n) is 10.3. The van der Waals surface area contributed by atoms with E-state index in [2.05, 4.69) is 39.0 Å². The monoisotopic (exact) mass is 512 g/mol. The third kappa shape index (κ3) is 5.62. The highest BCUT2D eigenvalue weighted by molar-refractivity contribution is 6.00. The van der Waals surface area contributed by atoms with Crippen LogP contribution < -0.4 is 10.1 Å². The average Bonchev–Trinajstić information content (AvgIpc) is 3.72. The summed E-state index contributed by atoms with van der Waals surface area (Å²) < 4.78 is 30.0. The maximum Gasteiger partial charge on any atom is 0.387 e. The zero-order valence-electron chi connectivity index (χ0n) is 21.2. The summed E-state index contributed by atoms with van der Waals surface area (Å²) in [6.07, 6.45) is 3.39. The van der Waals surface area contributed by atoms with E-state index in [1.165, 1.54) is 17.7 Å². The van der Waals surface area contributed by atoms with Gasteiger partial charge in [0.15, 0.2) is 0 Å². The summed E-state index contributed by atoms with van der Waals surface area (Å²) in [6.45, 7) is 1.93. The van der Waals surface area contributed by atoms with Crippen LogP contribution in [0.1, 0.15) is 47.5 Å².